The topological polar surface area (TPSA) is 94.0 Å². The quantitative estimate of drug-likeness (QED) is 0.756. The molecule has 98 valence electrons. The van der Waals surface area contributed by atoms with Gasteiger partial charge in [0.25, 0.3) is 5.91 Å². The number of hydrogen-bond donors (Lipinski definition) is 3. The maximum atomic E-state index is 11.4. The molecule has 7 heteroatoms. The molecular weight excluding hydrogens is 376 g/mol. The Labute approximate surface area is 126 Å². The fraction of sp³-hybridized carbons (Fsp3) is 0. The zero-order chi connectivity index (χ0) is 14.0. The highest BCUT2D eigenvalue weighted by Gasteiger charge is 2.11. The van der Waals surface area contributed by atoms with Crippen LogP contribution in [0.4, 0.5) is 17.2 Å². The maximum Gasteiger partial charge on any atom is 0.251 e. The highest BCUT2D eigenvalue weighted by Crippen LogP contribution is 2.30. The molecule has 0 aliphatic heterocycles. The second kappa shape index (κ2) is 5.58. The molecule has 0 aliphatic rings. The molecule has 1 aromatic carbocycles. The van der Waals surface area contributed by atoms with E-state index in [0.717, 1.165) is 14.6 Å². The summed E-state index contributed by atoms with van der Waals surface area (Å²) in [5.74, 6) is -0.324. The van der Waals surface area contributed by atoms with E-state index in [-0.39, 0.29) is 5.82 Å². The Hall–Kier alpha value is -1.60. The average molecular weight is 386 g/mol. The van der Waals surface area contributed by atoms with Gasteiger partial charge in [-0.05, 0) is 40.2 Å². The van der Waals surface area contributed by atoms with Crippen molar-refractivity contribution >= 4 is 55.0 Å². The predicted octanol–water partition coefficient (Wildman–Crippen LogP) is 3.03. The molecule has 2 aromatic rings. The molecule has 0 atom stereocenters. The number of amides is 1. The van der Waals surface area contributed by atoms with E-state index in [1.165, 1.54) is 12.3 Å². The third-order valence-corrected chi connectivity index (χ3v) is 3.57. The molecule has 5 N–H and O–H groups in total. The van der Waals surface area contributed by atoms with Crippen LogP contribution in [0.25, 0.3) is 0 Å². The van der Waals surface area contributed by atoms with Gasteiger partial charge in [0.05, 0.1) is 23.1 Å². The third kappa shape index (κ3) is 3.24. The van der Waals surface area contributed by atoms with Crippen molar-refractivity contribution in [3.05, 3.63) is 45.0 Å². The van der Waals surface area contributed by atoms with Crippen LogP contribution in [0.5, 0.6) is 0 Å². The van der Waals surface area contributed by atoms with Crippen molar-refractivity contribution in [2.75, 3.05) is 11.1 Å². The van der Waals surface area contributed by atoms with Crippen LogP contribution in [-0.2, 0) is 0 Å². The van der Waals surface area contributed by atoms with Gasteiger partial charge in [0.15, 0.2) is 0 Å². The highest BCUT2D eigenvalue weighted by molar-refractivity contribution is 9.11. The fourth-order valence-corrected chi connectivity index (χ4v) is 2.22. The Morgan fingerprint density at radius 2 is 1.95 bits per heavy atom. The van der Waals surface area contributed by atoms with Crippen molar-refractivity contribution in [3.8, 4) is 0 Å². The Bertz CT molecular complexity index is 646. The average Bonchev–Trinajstić information content (AvgIpc) is 2.35. The minimum atomic E-state index is -0.567. The Balaban J connectivity index is 2.43. The lowest BCUT2D eigenvalue weighted by Crippen LogP contribution is -2.14. The summed E-state index contributed by atoms with van der Waals surface area (Å²) in [6, 6.07) is 7.08. The van der Waals surface area contributed by atoms with Crippen molar-refractivity contribution in [1.82, 2.24) is 4.98 Å². The van der Waals surface area contributed by atoms with Crippen LogP contribution in [0.1, 0.15) is 10.4 Å². The summed E-state index contributed by atoms with van der Waals surface area (Å²) < 4.78 is 1.75. The normalized spacial score (nSPS) is 10.2. The molecule has 1 heterocycles. The second-order valence-corrected chi connectivity index (χ2v) is 5.54. The van der Waals surface area contributed by atoms with Crippen LogP contribution in [0, 0.1) is 0 Å². The third-order valence-electron chi connectivity index (χ3n) is 2.39. The SMILES string of the molecule is NC(=O)c1cc(N)ncc1Nc1cc(Br)ccc1Br. The number of pyridine rings is 1. The number of benzene rings is 1. The molecule has 0 radical (unpaired) electrons. The number of rotatable bonds is 3. The minimum absolute atomic E-state index is 0.243. The highest BCUT2D eigenvalue weighted by atomic mass is 79.9. The van der Waals surface area contributed by atoms with E-state index >= 15 is 0 Å². The van der Waals surface area contributed by atoms with Crippen molar-refractivity contribution in [1.29, 1.82) is 0 Å². The van der Waals surface area contributed by atoms with E-state index < -0.39 is 5.91 Å². The van der Waals surface area contributed by atoms with Crippen LogP contribution in [0.15, 0.2) is 39.4 Å². The van der Waals surface area contributed by atoms with Gasteiger partial charge in [-0.2, -0.15) is 0 Å². The van der Waals surface area contributed by atoms with E-state index in [2.05, 4.69) is 42.2 Å². The lowest BCUT2D eigenvalue weighted by molar-refractivity contribution is 0.100. The number of nitrogens with two attached hydrogens (primary N) is 2. The van der Waals surface area contributed by atoms with E-state index in [1.54, 1.807) is 0 Å². The van der Waals surface area contributed by atoms with Gasteiger partial charge in [-0.25, -0.2) is 4.98 Å². The largest absolute Gasteiger partial charge is 0.384 e. The number of aromatic nitrogens is 1. The van der Waals surface area contributed by atoms with Crippen LogP contribution >= 0.6 is 31.9 Å². The van der Waals surface area contributed by atoms with Crippen LogP contribution in [0.2, 0.25) is 0 Å². The lowest BCUT2D eigenvalue weighted by atomic mass is 10.2. The molecule has 0 saturated carbocycles. The lowest BCUT2D eigenvalue weighted by Gasteiger charge is -2.12. The van der Waals surface area contributed by atoms with Gasteiger partial charge in [0.1, 0.15) is 5.82 Å². The number of halogens is 2. The van der Waals surface area contributed by atoms with Crippen molar-refractivity contribution in [3.63, 3.8) is 0 Å². The van der Waals surface area contributed by atoms with E-state index in [4.69, 9.17) is 11.5 Å². The Morgan fingerprint density at radius 1 is 1.21 bits per heavy atom. The summed E-state index contributed by atoms with van der Waals surface area (Å²) in [7, 11) is 0. The molecule has 0 spiro atoms. The summed E-state index contributed by atoms with van der Waals surface area (Å²) in [6.07, 6.45) is 1.47. The van der Waals surface area contributed by atoms with Gasteiger partial charge < -0.3 is 16.8 Å². The number of primary amides is 1. The molecule has 0 saturated heterocycles. The van der Waals surface area contributed by atoms with Crippen LogP contribution in [-0.4, -0.2) is 10.9 Å². The zero-order valence-electron chi connectivity index (χ0n) is 9.65. The summed E-state index contributed by atoms with van der Waals surface area (Å²) in [5, 5.41) is 3.09. The van der Waals surface area contributed by atoms with E-state index in [9.17, 15) is 4.79 Å². The summed E-state index contributed by atoms with van der Waals surface area (Å²) in [4.78, 5) is 15.3. The molecule has 0 fully saturated rings. The van der Waals surface area contributed by atoms with Gasteiger partial charge >= 0.3 is 0 Å². The summed E-state index contributed by atoms with van der Waals surface area (Å²) in [5.41, 5.74) is 12.4. The standard InChI is InChI=1S/C12H10Br2N4O/c13-6-1-2-8(14)9(3-6)18-10-5-17-11(15)4-7(10)12(16)19/h1-5,18H,(H2,15,17)(H2,16,19). The molecule has 0 unspecified atom stereocenters. The first-order valence-corrected chi connectivity index (χ1v) is 6.83. The van der Waals surface area contributed by atoms with Crippen LogP contribution < -0.4 is 16.8 Å². The second-order valence-electron chi connectivity index (χ2n) is 3.77. The van der Waals surface area contributed by atoms with Gasteiger partial charge in [-0.3, -0.25) is 4.79 Å². The molecule has 2 rings (SSSR count). The van der Waals surface area contributed by atoms with Crippen molar-refractivity contribution in [2.24, 2.45) is 5.73 Å². The number of carbonyl (C=O) groups is 1. The monoisotopic (exact) mass is 384 g/mol. The number of nitrogens with one attached hydrogen (secondary N) is 1. The first-order chi connectivity index (χ1) is 8.97. The van der Waals surface area contributed by atoms with Crippen molar-refractivity contribution in [2.45, 2.75) is 0 Å². The van der Waals surface area contributed by atoms with Crippen LogP contribution in [0.3, 0.4) is 0 Å². The van der Waals surface area contributed by atoms with Gasteiger partial charge in [-0.1, -0.05) is 15.9 Å². The number of hydrogen-bond acceptors (Lipinski definition) is 4. The first-order valence-electron chi connectivity index (χ1n) is 5.25. The van der Waals surface area contributed by atoms with Gasteiger partial charge in [0.2, 0.25) is 0 Å². The predicted molar refractivity (Wildman–Crippen MR) is 82.3 cm³/mol. The maximum absolute atomic E-state index is 11.4. The summed E-state index contributed by atoms with van der Waals surface area (Å²) >= 11 is 6.80. The molecule has 0 bridgehead atoms. The molecular formula is C12H10Br2N4O. The Morgan fingerprint density at radius 3 is 2.63 bits per heavy atom. The van der Waals surface area contributed by atoms with Crippen molar-refractivity contribution < 1.29 is 4.79 Å². The smallest absolute Gasteiger partial charge is 0.251 e. The molecule has 19 heavy (non-hydrogen) atoms. The van der Waals surface area contributed by atoms with Gasteiger partial charge in [0, 0.05) is 8.95 Å². The van der Waals surface area contributed by atoms with Gasteiger partial charge in [-0.15, -0.1) is 0 Å². The molecule has 1 aromatic heterocycles. The van der Waals surface area contributed by atoms with E-state index in [1.807, 2.05) is 18.2 Å². The number of anilines is 3. The Kier molecular flexibility index (Phi) is 4.06. The van der Waals surface area contributed by atoms with E-state index in [0.29, 0.717) is 11.3 Å². The fourth-order valence-electron chi connectivity index (χ4n) is 1.51. The number of nitrogen functional groups attached to an aromatic ring is 1. The zero-order valence-corrected chi connectivity index (χ0v) is 12.8. The summed E-state index contributed by atoms with van der Waals surface area (Å²) in [6.45, 7) is 0. The minimum Gasteiger partial charge on any atom is -0.384 e. The molecule has 1 amide bonds. The molecule has 5 nitrogen and oxygen atoms in total. The number of carbonyl (C=O) groups excluding carboxylic acids is 1. The first kappa shape index (κ1) is 13.8. The number of nitrogens with zero attached hydrogens (tertiary/aromatic N) is 1. The molecule has 0 aliphatic carbocycles.